The summed E-state index contributed by atoms with van der Waals surface area (Å²) >= 11 is 0. The molecule has 2 fully saturated rings. The Bertz CT molecular complexity index is 1070. The van der Waals surface area contributed by atoms with E-state index in [1.54, 1.807) is 0 Å². The van der Waals surface area contributed by atoms with Gasteiger partial charge in [0, 0.05) is 23.7 Å². The van der Waals surface area contributed by atoms with E-state index in [1.165, 1.54) is 18.1 Å². The third kappa shape index (κ3) is 4.22. The van der Waals surface area contributed by atoms with Crippen molar-refractivity contribution in [2.24, 2.45) is 45.3 Å². The van der Waals surface area contributed by atoms with E-state index in [2.05, 4.69) is 67.2 Å². The lowest BCUT2D eigenvalue weighted by Gasteiger charge is -2.61. The zero-order valence-electron chi connectivity index (χ0n) is 24.9. The lowest BCUT2D eigenvalue weighted by atomic mass is 9.44. The van der Waals surface area contributed by atoms with Gasteiger partial charge in [-0.3, -0.25) is 9.59 Å². The number of ether oxygens (including phenoxy) is 1. The summed E-state index contributed by atoms with van der Waals surface area (Å²) in [6.07, 6.45) is 9.26. The number of esters is 1. The fourth-order valence-electron chi connectivity index (χ4n) is 9.30. The molecule has 0 amide bonds. The molecule has 8 atom stereocenters. The van der Waals surface area contributed by atoms with Crippen LogP contribution in [0.3, 0.4) is 0 Å². The Morgan fingerprint density at radius 2 is 1.79 bits per heavy atom. The molecule has 2 N–H and O–H groups in total. The first kappa shape index (κ1) is 29.1. The second kappa shape index (κ2) is 9.64. The molecule has 2 saturated carbocycles. The molecule has 4 aliphatic rings. The van der Waals surface area contributed by atoms with Gasteiger partial charge in [-0.2, -0.15) is 0 Å². The minimum atomic E-state index is -0.805. The van der Waals surface area contributed by atoms with Crippen molar-refractivity contribution in [3.8, 4) is 0 Å². The molecule has 0 bridgehead atoms. The number of carboxylic acid groups (broad SMARTS) is 1. The van der Waals surface area contributed by atoms with Gasteiger partial charge in [-0.05, 0) is 78.8 Å². The van der Waals surface area contributed by atoms with E-state index in [-0.39, 0.29) is 39.7 Å². The van der Waals surface area contributed by atoms with Crippen molar-refractivity contribution in [1.29, 1.82) is 0 Å². The van der Waals surface area contributed by atoms with Gasteiger partial charge in [-0.15, -0.1) is 0 Å². The number of aliphatic carboxylic acids is 1. The predicted octanol–water partition coefficient (Wildman–Crippen LogP) is 7.11. The first-order valence-corrected chi connectivity index (χ1v) is 14.7. The number of allylic oxidation sites excluding steroid dienone is 5. The van der Waals surface area contributed by atoms with Crippen LogP contribution in [0, 0.1) is 45.3 Å². The molecule has 0 aromatic rings. The van der Waals surface area contributed by atoms with Crippen LogP contribution < -0.4 is 0 Å². The van der Waals surface area contributed by atoms with Crippen molar-refractivity contribution >= 4 is 11.9 Å². The smallest absolute Gasteiger partial charge is 0.306 e. The van der Waals surface area contributed by atoms with Crippen LogP contribution in [-0.4, -0.2) is 34.4 Å². The molecule has 0 spiro atoms. The van der Waals surface area contributed by atoms with Gasteiger partial charge in [-0.1, -0.05) is 72.8 Å². The lowest BCUT2D eigenvalue weighted by molar-refractivity contribution is -0.165. The average molecular weight is 527 g/mol. The molecule has 0 aromatic heterocycles. The second-order valence-electron chi connectivity index (χ2n) is 14.4. The van der Waals surface area contributed by atoms with Gasteiger partial charge in [0.25, 0.3) is 0 Å². The Balaban J connectivity index is 1.70. The molecule has 4 rings (SSSR count). The van der Waals surface area contributed by atoms with Crippen LogP contribution in [0.5, 0.6) is 0 Å². The van der Waals surface area contributed by atoms with Crippen LogP contribution in [0.15, 0.2) is 35.5 Å². The third-order valence-corrected chi connectivity index (χ3v) is 11.9. The fraction of sp³-hybridized carbons (Fsp3) is 0.758. The monoisotopic (exact) mass is 526 g/mol. The SMILES string of the molecule is C=C(CC[C@H](C(=O)O)[C@@H]1[C@@H](O)C[C@]2(C)C3=CCC4C(C)(C)[C@H](OC(C)=O)CC[C@@]4(C)C3=CC[C@@]12C)C(C)C. The Hall–Kier alpha value is -1.88. The molecule has 212 valence electrons. The number of aliphatic hydroxyl groups is 1. The fourth-order valence-corrected chi connectivity index (χ4v) is 9.30. The van der Waals surface area contributed by atoms with Crippen molar-refractivity contribution in [3.05, 3.63) is 35.5 Å². The van der Waals surface area contributed by atoms with Crippen LogP contribution in [0.25, 0.3) is 0 Å². The Morgan fingerprint density at radius 1 is 1.13 bits per heavy atom. The average Bonchev–Trinajstić information content (AvgIpc) is 3.01. The van der Waals surface area contributed by atoms with Gasteiger partial charge in [0.15, 0.2) is 0 Å². The summed E-state index contributed by atoms with van der Waals surface area (Å²) in [5.41, 5.74) is 2.93. The molecule has 1 unspecified atom stereocenters. The molecule has 0 heterocycles. The Labute approximate surface area is 229 Å². The minimum absolute atomic E-state index is 0.0428. The van der Waals surface area contributed by atoms with Crippen LogP contribution in [0.1, 0.15) is 100 Å². The van der Waals surface area contributed by atoms with E-state index in [0.717, 1.165) is 31.3 Å². The highest BCUT2D eigenvalue weighted by molar-refractivity contribution is 5.71. The number of hydrogen-bond donors (Lipinski definition) is 2. The summed E-state index contributed by atoms with van der Waals surface area (Å²) in [5, 5.41) is 21.9. The highest BCUT2D eigenvalue weighted by Crippen LogP contribution is 2.72. The number of aliphatic hydroxyl groups excluding tert-OH is 1. The van der Waals surface area contributed by atoms with Crippen molar-refractivity contribution in [1.82, 2.24) is 0 Å². The summed E-state index contributed by atoms with van der Waals surface area (Å²) in [4.78, 5) is 24.5. The molecule has 0 aliphatic heterocycles. The quantitative estimate of drug-likeness (QED) is 0.273. The highest BCUT2D eigenvalue weighted by Gasteiger charge is 2.66. The summed E-state index contributed by atoms with van der Waals surface area (Å²) in [6, 6.07) is 0. The first-order valence-electron chi connectivity index (χ1n) is 14.7. The maximum atomic E-state index is 12.6. The summed E-state index contributed by atoms with van der Waals surface area (Å²) in [6.45, 7) is 21.2. The number of carbonyl (C=O) groups is 2. The van der Waals surface area contributed by atoms with Crippen LogP contribution in [0.4, 0.5) is 0 Å². The van der Waals surface area contributed by atoms with E-state index in [0.29, 0.717) is 31.1 Å². The number of carboxylic acids is 1. The number of hydrogen-bond acceptors (Lipinski definition) is 4. The largest absolute Gasteiger partial charge is 0.481 e. The molecule has 38 heavy (non-hydrogen) atoms. The summed E-state index contributed by atoms with van der Waals surface area (Å²) in [5.74, 6) is -1.28. The second-order valence-corrected chi connectivity index (χ2v) is 14.4. The maximum absolute atomic E-state index is 12.6. The van der Waals surface area contributed by atoms with Gasteiger partial charge < -0.3 is 14.9 Å². The number of fused-ring (bicyclic) bond motifs is 5. The van der Waals surface area contributed by atoms with Gasteiger partial charge in [-0.25, -0.2) is 0 Å². The standard InChI is InChI=1S/C33H50O5/c1-19(2)20(3)10-11-22(29(36)37)28-25(35)18-33(9)24-12-13-26-30(5,6)27(38-21(4)34)15-16-31(26,7)23(24)14-17-32(28,33)8/h12,14,19,22,25-28,35H,3,10-11,13,15-18H2,1-2,4-9H3,(H,36,37)/t22-,25-,26?,27+,28+,31-,32-,33+/m0/s1. The summed E-state index contributed by atoms with van der Waals surface area (Å²) < 4.78 is 5.80. The van der Waals surface area contributed by atoms with Gasteiger partial charge in [0.05, 0.1) is 12.0 Å². The summed E-state index contributed by atoms with van der Waals surface area (Å²) in [7, 11) is 0. The third-order valence-electron chi connectivity index (χ3n) is 11.9. The van der Waals surface area contributed by atoms with Gasteiger partial charge >= 0.3 is 11.9 Å². The zero-order chi connectivity index (χ0) is 28.4. The van der Waals surface area contributed by atoms with Gasteiger partial charge in [0.2, 0.25) is 0 Å². The maximum Gasteiger partial charge on any atom is 0.306 e. The zero-order valence-corrected chi connectivity index (χ0v) is 24.9. The molecule has 4 aliphatic carbocycles. The Kier molecular flexibility index (Phi) is 7.39. The van der Waals surface area contributed by atoms with Crippen molar-refractivity contribution in [2.45, 2.75) is 113 Å². The topological polar surface area (TPSA) is 83.8 Å². The Morgan fingerprint density at radius 3 is 2.37 bits per heavy atom. The molecule has 5 heteroatoms. The van der Waals surface area contributed by atoms with Crippen molar-refractivity contribution in [3.63, 3.8) is 0 Å². The van der Waals surface area contributed by atoms with Crippen LogP contribution in [-0.2, 0) is 14.3 Å². The van der Waals surface area contributed by atoms with E-state index in [1.807, 2.05) is 0 Å². The molecular weight excluding hydrogens is 476 g/mol. The lowest BCUT2D eigenvalue weighted by Crippen LogP contribution is -2.55. The van der Waals surface area contributed by atoms with Crippen LogP contribution in [0.2, 0.25) is 0 Å². The molecule has 0 radical (unpaired) electrons. The highest BCUT2D eigenvalue weighted by atomic mass is 16.5. The molecule has 0 saturated heterocycles. The molecule has 0 aromatic carbocycles. The first-order chi connectivity index (χ1) is 17.5. The van der Waals surface area contributed by atoms with E-state index >= 15 is 0 Å². The predicted molar refractivity (Wildman–Crippen MR) is 150 cm³/mol. The molecule has 5 nitrogen and oxygen atoms in total. The van der Waals surface area contributed by atoms with E-state index < -0.39 is 18.0 Å². The molecular formula is C33H50O5. The van der Waals surface area contributed by atoms with Crippen molar-refractivity contribution in [2.75, 3.05) is 0 Å². The van der Waals surface area contributed by atoms with Crippen molar-refractivity contribution < 1.29 is 24.5 Å². The van der Waals surface area contributed by atoms with Gasteiger partial charge in [0.1, 0.15) is 6.10 Å². The number of rotatable bonds is 7. The number of carbonyl (C=O) groups excluding carboxylic acids is 1. The minimum Gasteiger partial charge on any atom is -0.481 e. The van der Waals surface area contributed by atoms with Crippen LogP contribution >= 0.6 is 0 Å². The van der Waals surface area contributed by atoms with E-state index in [4.69, 9.17) is 4.74 Å². The van der Waals surface area contributed by atoms with E-state index in [9.17, 15) is 19.8 Å². The normalized spacial score (nSPS) is 40.3.